The van der Waals surface area contributed by atoms with Gasteiger partial charge in [-0.15, -0.1) is 0 Å². The van der Waals surface area contributed by atoms with Gasteiger partial charge in [-0.05, 0) is 19.1 Å². The predicted molar refractivity (Wildman–Crippen MR) is 79.6 cm³/mol. The van der Waals surface area contributed by atoms with Crippen LogP contribution in [-0.2, 0) is 0 Å². The number of aromatic nitrogens is 1. The van der Waals surface area contributed by atoms with E-state index in [0.29, 0.717) is 22.0 Å². The first-order chi connectivity index (χ1) is 10.1. The summed E-state index contributed by atoms with van der Waals surface area (Å²) in [6.45, 7) is 1.93. The van der Waals surface area contributed by atoms with Gasteiger partial charge in [0, 0.05) is 34.8 Å². The predicted octanol–water partition coefficient (Wildman–Crippen LogP) is 3.62. The molecule has 1 N–H and O–H groups in total. The lowest BCUT2D eigenvalue weighted by Crippen LogP contribution is -2.00. The number of nitrogens with zero attached hydrogens (tertiary/aromatic N) is 1. The molecule has 5 nitrogen and oxygen atoms in total. The summed E-state index contributed by atoms with van der Waals surface area (Å²) in [5, 5.41) is 11.5. The van der Waals surface area contributed by atoms with Crippen LogP contribution in [0.15, 0.2) is 48.7 Å². The summed E-state index contributed by atoms with van der Waals surface area (Å²) in [5.74, 6) is -0.0983. The minimum Gasteiger partial charge on any atom is -0.360 e. The van der Waals surface area contributed by atoms with E-state index in [2.05, 4.69) is 4.98 Å². The maximum absolute atomic E-state index is 12.5. The molecule has 0 radical (unpaired) electrons. The van der Waals surface area contributed by atoms with Gasteiger partial charge >= 0.3 is 0 Å². The number of nitro groups is 1. The average Bonchev–Trinajstić information content (AvgIpc) is 2.89. The summed E-state index contributed by atoms with van der Waals surface area (Å²) < 4.78 is 0. The van der Waals surface area contributed by atoms with E-state index in [1.54, 1.807) is 18.3 Å². The lowest BCUT2D eigenvalue weighted by atomic mass is 10.0. The molecule has 0 aliphatic heterocycles. The number of nitrogens with one attached hydrogen (secondary N) is 1. The van der Waals surface area contributed by atoms with Crippen molar-refractivity contribution in [2.45, 2.75) is 6.92 Å². The smallest absolute Gasteiger partial charge is 0.271 e. The van der Waals surface area contributed by atoms with Crippen LogP contribution in [0.5, 0.6) is 0 Å². The highest BCUT2D eigenvalue weighted by atomic mass is 16.6. The van der Waals surface area contributed by atoms with Crippen LogP contribution < -0.4 is 0 Å². The van der Waals surface area contributed by atoms with Crippen molar-refractivity contribution in [3.8, 4) is 0 Å². The van der Waals surface area contributed by atoms with Crippen LogP contribution >= 0.6 is 0 Å². The fraction of sp³-hybridized carbons (Fsp3) is 0.0625. The summed E-state index contributed by atoms with van der Waals surface area (Å²) in [4.78, 5) is 25.8. The maximum atomic E-state index is 12.5. The maximum Gasteiger partial charge on any atom is 0.271 e. The molecule has 104 valence electrons. The van der Waals surface area contributed by atoms with Crippen molar-refractivity contribution in [2.24, 2.45) is 0 Å². The van der Waals surface area contributed by atoms with Gasteiger partial charge in [0.15, 0.2) is 5.78 Å². The first kappa shape index (κ1) is 13.1. The lowest BCUT2D eigenvalue weighted by Gasteiger charge is -2.01. The fourth-order valence-electron chi connectivity index (χ4n) is 2.36. The molecule has 0 fully saturated rings. The molecule has 0 unspecified atom stereocenters. The van der Waals surface area contributed by atoms with Crippen LogP contribution in [0.4, 0.5) is 5.69 Å². The van der Waals surface area contributed by atoms with E-state index >= 15 is 0 Å². The molecule has 0 bridgehead atoms. The quantitative estimate of drug-likeness (QED) is 0.452. The Hall–Kier alpha value is -2.95. The molecule has 1 aromatic heterocycles. The van der Waals surface area contributed by atoms with E-state index in [1.165, 1.54) is 12.1 Å². The Bertz CT molecular complexity index is 865. The average molecular weight is 280 g/mol. The second kappa shape index (κ2) is 4.86. The summed E-state index contributed by atoms with van der Waals surface area (Å²) in [6, 6.07) is 11.8. The van der Waals surface area contributed by atoms with Crippen LogP contribution in [0.2, 0.25) is 0 Å². The number of nitro benzene ring substituents is 1. The minimum atomic E-state index is -0.456. The molecule has 0 amide bonds. The lowest BCUT2D eigenvalue weighted by molar-refractivity contribution is -0.384. The van der Waals surface area contributed by atoms with Gasteiger partial charge in [-0.1, -0.05) is 23.8 Å². The number of carbonyl (C=O) groups excluding carboxylic acids is 1. The number of rotatable bonds is 3. The number of ketones is 1. The molecule has 0 saturated heterocycles. The summed E-state index contributed by atoms with van der Waals surface area (Å²) >= 11 is 0. The van der Waals surface area contributed by atoms with Gasteiger partial charge in [0.1, 0.15) is 0 Å². The zero-order chi connectivity index (χ0) is 15.0. The molecule has 21 heavy (non-hydrogen) atoms. The SMILES string of the molecule is Cc1cccc(C(=O)c2c[nH]c3cc([N+](=O)[O-])ccc23)c1. The molecule has 0 spiro atoms. The van der Waals surface area contributed by atoms with Crippen LogP contribution in [-0.4, -0.2) is 15.7 Å². The fourth-order valence-corrected chi connectivity index (χ4v) is 2.36. The first-order valence-corrected chi connectivity index (χ1v) is 6.43. The van der Waals surface area contributed by atoms with Crippen LogP contribution in [0.25, 0.3) is 10.9 Å². The Morgan fingerprint density at radius 2 is 2.00 bits per heavy atom. The monoisotopic (exact) mass is 280 g/mol. The molecule has 0 aliphatic carbocycles. The number of non-ortho nitro benzene ring substituents is 1. The standard InChI is InChI=1S/C16H12N2O3/c1-10-3-2-4-11(7-10)16(19)14-9-17-15-8-12(18(20)21)5-6-13(14)15/h2-9,17H,1H3. The molecule has 3 rings (SSSR count). The van der Waals surface area contributed by atoms with Crippen molar-refractivity contribution in [2.75, 3.05) is 0 Å². The van der Waals surface area contributed by atoms with Gasteiger partial charge in [-0.2, -0.15) is 0 Å². The highest BCUT2D eigenvalue weighted by Gasteiger charge is 2.16. The largest absolute Gasteiger partial charge is 0.360 e. The zero-order valence-electron chi connectivity index (χ0n) is 11.3. The molecule has 1 heterocycles. The number of aromatic amines is 1. The topological polar surface area (TPSA) is 76.0 Å². The molecule has 0 saturated carbocycles. The van der Waals surface area contributed by atoms with Crippen LogP contribution in [0.1, 0.15) is 21.5 Å². The van der Waals surface area contributed by atoms with Crippen molar-refractivity contribution in [3.05, 3.63) is 75.5 Å². The summed E-state index contributed by atoms with van der Waals surface area (Å²) in [5.41, 5.74) is 2.72. The highest BCUT2D eigenvalue weighted by molar-refractivity contribution is 6.16. The van der Waals surface area contributed by atoms with Gasteiger partial charge in [0.05, 0.1) is 10.4 Å². The summed E-state index contributed by atoms with van der Waals surface area (Å²) in [7, 11) is 0. The Morgan fingerprint density at radius 1 is 1.19 bits per heavy atom. The number of hydrogen-bond acceptors (Lipinski definition) is 3. The number of aryl methyl sites for hydroxylation is 1. The van der Waals surface area contributed by atoms with Crippen molar-refractivity contribution in [1.82, 2.24) is 4.98 Å². The van der Waals surface area contributed by atoms with Gasteiger partial charge in [-0.3, -0.25) is 14.9 Å². The third-order valence-corrected chi connectivity index (χ3v) is 3.40. The van der Waals surface area contributed by atoms with Gasteiger partial charge in [-0.25, -0.2) is 0 Å². The second-order valence-corrected chi connectivity index (χ2v) is 4.89. The van der Waals surface area contributed by atoms with Gasteiger partial charge in [0.2, 0.25) is 0 Å². The van der Waals surface area contributed by atoms with Crippen molar-refractivity contribution in [3.63, 3.8) is 0 Å². The number of H-pyrrole nitrogens is 1. The van der Waals surface area contributed by atoms with Crippen molar-refractivity contribution >= 4 is 22.4 Å². The van der Waals surface area contributed by atoms with E-state index < -0.39 is 4.92 Å². The second-order valence-electron chi connectivity index (χ2n) is 4.89. The Morgan fingerprint density at radius 3 is 2.71 bits per heavy atom. The van der Waals surface area contributed by atoms with E-state index in [4.69, 9.17) is 0 Å². The first-order valence-electron chi connectivity index (χ1n) is 6.43. The third-order valence-electron chi connectivity index (χ3n) is 3.40. The van der Waals surface area contributed by atoms with Crippen LogP contribution in [0.3, 0.4) is 0 Å². The number of benzene rings is 2. The van der Waals surface area contributed by atoms with Crippen LogP contribution in [0, 0.1) is 17.0 Å². The molecule has 5 heteroatoms. The molecule has 0 aliphatic rings. The molecular weight excluding hydrogens is 268 g/mol. The Labute approximate surface area is 120 Å². The van der Waals surface area contributed by atoms with E-state index in [0.717, 1.165) is 5.56 Å². The Balaban J connectivity index is 2.09. The Kier molecular flexibility index (Phi) is 3.02. The number of fused-ring (bicyclic) bond motifs is 1. The van der Waals surface area contributed by atoms with E-state index in [9.17, 15) is 14.9 Å². The molecule has 3 aromatic rings. The van der Waals surface area contributed by atoms with E-state index in [-0.39, 0.29) is 11.5 Å². The van der Waals surface area contributed by atoms with E-state index in [1.807, 2.05) is 25.1 Å². The van der Waals surface area contributed by atoms with Crippen molar-refractivity contribution in [1.29, 1.82) is 0 Å². The zero-order valence-corrected chi connectivity index (χ0v) is 11.3. The molecular formula is C16H12N2O3. The minimum absolute atomic E-state index is 0.00101. The molecule has 0 atom stereocenters. The normalized spacial score (nSPS) is 10.7. The highest BCUT2D eigenvalue weighted by Crippen LogP contribution is 2.25. The van der Waals surface area contributed by atoms with Crippen molar-refractivity contribution < 1.29 is 9.72 Å². The third kappa shape index (κ3) is 2.29. The van der Waals surface area contributed by atoms with Gasteiger partial charge in [0.25, 0.3) is 5.69 Å². The van der Waals surface area contributed by atoms with Gasteiger partial charge < -0.3 is 4.98 Å². The number of hydrogen-bond donors (Lipinski definition) is 1. The summed E-state index contributed by atoms with van der Waals surface area (Å²) in [6.07, 6.45) is 1.60. The number of carbonyl (C=O) groups is 1. The molecule has 2 aromatic carbocycles.